The van der Waals surface area contributed by atoms with Gasteiger partial charge in [0.15, 0.2) is 0 Å². The minimum absolute atomic E-state index is 0.124. The average molecular weight is 370 g/mol. The lowest BCUT2D eigenvalue weighted by Gasteiger charge is -2.30. The summed E-state index contributed by atoms with van der Waals surface area (Å²) in [5, 5.41) is 0. The quantitative estimate of drug-likeness (QED) is 0.711. The van der Waals surface area contributed by atoms with Crippen LogP contribution in [0, 0.1) is 6.92 Å². The molecular weight excluding hydrogens is 348 g/mol. The van der Waals surface area contributed by atoms with Crippen LogP contribution in [0.2, 0.25) is 0 Å². The largest absolute Gasteiger partial charge is 0.298 e. The van der Waals surface area contributed by atoms with Crippen LogP contribution in [0.4, 0.5) is 0 Å². The van der Waals surface area contributed by atoms with Gasteiger partial charge in [-0.3, -0.25) is 9.38 Å². The van der Waals surface area contributed by atoms with Crippen LogP contribution in [0.1, 0.15) is 30.0 Å². The molecule has 0 unspecified atom stereocenters. The summed E-state index contributed by atoms with van der Waals surface area (Å²) >= 11 is 0. The molecule has 26 heavy (non-hydrogen) atoms. The van der Waals surface area contributed by atoms with Crippen molar-refractivity contribution in [3.8, 4) is 11.4 Å². The number of nitrogens with zero attached hydrogens (tertiary/aromatic N) is 4. The van der Waals surface area contributed by atoms with Gasteiger partial charge in [-0.25, -0.2) is 17.7 Å². The van der Waals surface area contributed by atoms with Crippen LogP contribution in [-0.2, 0) is 10.0 Å². The Balaban J connectivity index is 1.69. The fourth-order valence-corrected chi connectivity index (χ4v) is 4.49. The van der Waals surface area contributed by atoms with Gasteiger partial charge in [-0.1, -0.05) is 12.1 Å². The van der Waals surface area contributed by atoms with E-state index in [1.807, 2.05) is 40.9 Å². The van der Waals surface area contributed by atoms with Gasteiger partial charge >= 0.3 is 0 Å². The minimum atomic E-state index is -3.16. The second-order valence-electron chi connectivity index (χ2n) is 6.99. The van der Waals surface area contributed by atoms with Gasteiger partial charge in [0.05, 0.1) is 23.8 Å². The summed E-state index contributed by atoms with van der Waals surface area (Å²) in [6.07, 6.45) is 6.98. The molecule has 7 heteroatoms. The number of sulfonamides is 1. The van der Waals surface area contributed by atoms with Gasteiger partial charge in [-0.2, -0.15) is 0 Å². The monoisotopic (exact) mass is 370 g/mol. The Morgan fingerprint density at radius 3 is 2.85 bits per heavy atom. The first-order valence-corrected chi connectivity index (χ1v) is 10.6. The molecule has 1 aliphatic rings. The number of rotatable bonds is 3. The number of fused-ring (bicyclic) bond motifs is 1. The van der Waals surface area contributed by atoms with E-state index >= 15 is 0 Å². The Morgan fingerprint density at radius 2 is 2.04 bits per heavy atom. The summed E-state index contributed by atoms with van der Waals surface area (Å²) in [7, 11) is -3.16. The lowest BCUT2D eigenvalue weighted by atomic mass is 9.95. The normalized spacial score (nSPS) is 19.1. The van der Waals surface area contributed by atoms with Crippen molar-refractivity contribution in [3.05, 3.63) is 54.0 Å². The van der Waals surface area contributed by atoms with E-state index in [4.69, 9.17) is 4.98 Å². The van der Waals surface area contributed by atoms with Crippen molar-refractivity contribution in [2.75, 3.05) is 19.3 Å². The maximum atomic E-state index is 11.9. The molecule has 4 heterocycles. The van der Waals surface area contributed by atoms with Crippen molar-refractivity contribution in [3.63, 3.8) is 0 Å². The summed E-state index contributed by atoms with van der Waals surface area (Å²) < 4.78 is 27.4. The van der Waals surface area contributed by atoms with Crippen molar-refractivity contribution < 1.29 is 8.42 Å². The number of piperidine rings is 1. The predicted molar refractivity (Wildman–Crippen MR) is 102 cm³/mol. The standard InChI is InChI=1S/C19H22N4O2S/c1-14-8-9-19-20-11-18(23(19)12-14)17-7-3-6-16(21-17)15-5-4-10-22(13-15)26(2,24)25/h3,6-9,11-12,15H,4-5,10,13H2,1-2H3/t15-/m1/s1. The van der Waals surface area contributed by atoms with Crippen molar-refractivity contribution in [2.24, 2.45) is 0 Å². The van der Waals surface area contributed by atoms with E-state index in [0.717, 1.165) is 41.1 Å². The zero-order chi connectivity index (χ0) is 18.3. The van der Waals surface area contributed by atoms with Gasteiger partial charge in [-0.15, -0.1) is 0 Å². The number of hydrogen-bond acceptors (Lipinski definition) is 4. The molecule has 1 atom stereocenters. The summed E-state index contributed by atoms with van der Waals surface area (Å²) in [6.45, 7) is 3.15. The Bertz CT molecular complexity index is 1060. The third kappa shape index (κ3) is 3.24. The topological polar surface area (TPSA) is 67.6 Å². The third-order valence-corrected chi connectivity index (χ3v) is 6.23. The molecule has 0 saturated carbocycles. The van der Waals surface area contributed by atoms with Gasteiger partial charge in [0.1, 0.15) is 5.65 Å². The van der Waals surface area contributed by atoms with Crippen molar-refractivity contribution in [2.45, 2.75) is 25.7 Å². The Kier molecular flexibility index (Phi) is 4.28. The van der Waals surface area contributed by atoms with Gasteiger partial charge in [0.2, 0.25) is 10.0 Å². The highest BCUT2D eigenvalue weighted by atomic mass is 32.2. The Hall–Kier alpha value is -2.25. The molecule has 1 fully saturated rings. The highest BCUT2D eigenvalue weighted by Gasteiger charge is 2.27. The van der Waals surface area contributed by atoms with Crippen molar-refractivity contribution in [1.29, 1.82) is 0 Å². The van der Waals surface area contributed by atoms with E-state index in [1.54, 1.807) is 4.31 Å². The summed E-state index contributed by atoms with van der Waals surface area (Å²) in [4.78, 5) is 9.31. The van der Waals surface area contributed by atoms with E-state index in [-0.39, 0.29) is 5.92 Å². The number of pyridine rings is 2. The molecule has 1 saturated heterocycles. The molecule has 6 nitrogen and oxygen atoms in total. The lowest BCUT2D eigenvalue weighted by Crippen LogP contribution is -2.38. The van der Waals surface area contributed by atoms with Crippen molar-refractivity contribution >= 4 is 15.7 Å². The summed E-state index contributed by atoms with van der Waals surface area (Å²) in [5.41, 5.74) is 4.79. The van der Waals surface area contributed by atoms with Crippen LogP contribution in [0.15, 0.2) is 42.7 Å². The van der Waals surface area contributed by atoms with Crippen LogP contribution in [0.3, 0.4) is 0 Å². The van der Waals surface area contributed by atoms with Crippen LogP contribution in [0.25, 0.3) is 17.0 Å². The van der Waals surface area contributed by atoms with E-state index in [0.29, 0.717) is 13.1 Å². The fourth-order valence-electron chi connectivity index (χ4n) is 3.58. The van der Waals surface area contributed by atoms with Crippen LogP contribution >= 0.6 is 0 Å². The number of hydrogen-bond donors (Lipinski definition) is 0. The smallest absolute Gasteiger partial charge is 0.211 e. The molecule has 0 spiro atoms. The summed E-state index contributed by atoms with van der Waals surface area (Å²) in [6, 6.07) is 10.00. The second kappa shape index (κ2) is 6.48. The number of aryl methyl sites for hydroxylation is 1. The number of imidazole rings is 1. The summed E-state index contributed by atoms with van der Waals surface area (Å²) in [5.74, 6) is 0.124. The maximum absolute atomic E-state index is 11.9. The molecule has 1 aliphatic heterocycles. The van der Waals surface area contributed by atoms with E-state index in [1.165, 1.54) is 6.26 Å². The first-order chi connectivity index (χ1) is 12.4. The molecule has 4 rings (SSSR count). The molecule has 0 radical (unpaired) electrons. The molecule has 136 valence electrons. The molecule has 0 aliphatic carbocycles. The number of aromatic nitrogens is 3. The zero-order valence-corrected chi connectivity index (χ0v) is 15.8. The first-order valence-electron chi connectivity index (χ1n) is 8.78. The van der Waals surface area contributed by atoms with Crippen LogP contribution < -0.4 is 0 Å². The van der Waals surface area contributed by atoms with E-state index in [9.17, 15) is 8.42 Å². The highest BCUT2D eigenvalue weighted by Crippen LogP contribution is 2.29. The lowest BCUT2D eigenvalue weighted by molar-refractivity contribution is 0.314. The van der Waals surface area contributed by atoms with Gasteiger partial charge < -0.3 is 0 Å². The van der Waals surface area contributed by atoms with Crippen LogP contribution in [-0.4, -0.2) is 46.4 Å². The van der Waals surface area contributed by atoms with Gasteiger partial charge in [0, 0.05) is 30.9 Å². The van der Waals surface area contributed by atoms with Crippen molar-refractivity contribution in [1.82, 2.24) is 18.7 Å². The molecule has 0 aromatic carbocycles. The zero-order valence-electron chi connectivity index (χ0n) is 15.0. The Labute approximate surface area is 153 Å². The second-order valence-corrected chi connectivity index (χ2v) is 8.97. The maximum Gasteiger partial charge on any atom is 0.211 e. The van der Waals surface area contributed by atoms with E-state index in [2.05, 4.69) is 18.1 Å². The Morgan fingerprint density at radius 1 is 1.19 bits per heavy atom. The minimum Gasteiger partial charge on any atom is -0.298 e. The van der Waals surface area contributed by atoms with Gasteiger partial charge in [0.25, 0.3) is 0 Å². The van der Waals surface area contributed by atoms with E-state index < -0.39 is 10.0 Å². The van der Waals surface area contributed by atoms with Crippen LogP contribution in [0.5, 0.6) is 0 Å². The SMILES string of the molecule is Cc1ccc2ncc(-c3cccc([C@@H]4CCCN(S(C)(=O)=O)C4)n3)n2c1. The molecule has 0 N–H and O–H groups in total. The van der Waals surface area contributed by atoms with Gasteiger partial charge in [-0.05, 0) is 43.5 Å². The molecule has 3 aromatic heterocycles. The first kappa shape index (κ1) is 17.2. The molecule has 3 aromatic rings. The highest BCUT2D eigenvalue weighted by molar-refractivity contribution is 7.88. The predicted octanol–water partition coefficient (Wildman–Crippen LogP) is 2.84. The average Bonchev–Trinajstić information content (AvgIpc) is 3.04. The molecular formula is C19H22N4O2S. The fraction of sp³-hybridized carbons (Fsp3) is 0.368. The molecule has 0 amide bonds. The third-order valence-electron chi connectivity index (χ3n) is 4.96. The molecule has 0 bridgehead atoms.